The van der Waals surface area contributed by atoms with Crippen LogP contribution in [0, 0.1) is 10.1 Å². The summed E-state index contributed by atoms with van der Waals surface area (Å²) in [7, 11) is 0. The molecule has 0 spiro atoms. The predicted molar refractivity (Wildman–Crippen MR) is 111 cm³/mol. The van der Waals surface area contributed by atoms with Gasteiger partial charge in [0.15, 0.2) is 12.6 Å². The zero-order valence-corrected chi connectivity index (χ0v) is 17.0. The van der Waals surface area contributed by atoms with E-state index >= 15 is 0 Å². The van der Waals surface area contributed by atoms with Gasteiger partial charge in [0, 0.05) is 23.9 Å². The molecule has 29 heavy (non-hydrogen) atoms. The second-order valence-electron chi connectivity index (χ2n) is 6.40. The van der Waals surface area contributed by atoms with Gasteiger partial charge in [-0.15, -0.1) is 0 Å². The molecule has 3 N–H and O–H groups in total. The summed E-state index contributed by atoms with van der Waals surface area (Å²) in [5, 5.41) is 16.6. The molecule has 2 aromatic carbocycles. The van der Waals surface area contributed by atoms with Crippen LogP contribution in [0.4, 0.5) is 11.4 Å². The largest absolute Gasteiger partial charge is 0.351 e. The van der Waals surface area contributed by atoms with Gasteiger partial charge in [0.1, 0.15) is 5.02 Å². The third-order valence-electron chi connectivity index (χ3n) is 4.43. The molecule has 2 rings (SSSR count). The second kappa shape index (κ2) is 10.5. The third kappa shape index (κ3) is 6.00. The number of nitro groups is 1. The van der Waals surface area contributed by atoms with Crippen LogP contribution in [0.3, 0.4) is 0 Å². The standard InChI is InChI=1S/C20H23ClN4O4/c1-3-22-18(26)13-24(4-2)19(14-8-6-5-7-9-14)20(27)23-15-10-11-16(21)17(12-15)25(28)29/h5-12,19H,3-4,13H2,1-2H3,(H,22,26)(H,23,27)/p+1/t19-/m1/s1. The van der Waals surface area contributed by atoms with Crippen molar-refractivity contribution in [1.29, 1.82) is 0 Å². The number of benzene rings is 2. The normalized spacial score (nSPS) is 12.7. The molecule has 0 saturated carbocycles. The van der Waals surface area contributed by atoms with E-state index in [-0.39, 0.29) is 34.8 Å². The summed E-state index contributed by atoms with van der Waals surface area (Å²) < 4.78 is 0. The van der Waals surface area contributed by atoms with E-state index < -0.39 is 11.0 Å². The van der Waals surface area contributed by atoms with Crippen molar-refractivity contribution in [2.45, 2.75) is 19.9 Å². The van der Waals surface area contributed by atoms with Gasteiger partial charge in [0.05, 0.1) is 11.5 Å². The Labute approximate surface area is 174 Å². The molecule has 8 nitrogen and oxygen atoms in total. The first-order valence-electron chi connectivity index (χ1n) is 9.28. The molecule has 0 aliphatic carbocycles. The predicted octanol–water partition coefficient (Wildman–Crippen LogP) is 1.97. The second-order valence-corrected chi connectivity index (χ2v) is 6.81. The van der Waals surface area contributed by atoms with Crippen molar-refractivity contribution in [3.05, 3.63) is 69.2 Å². The van der Waals surface area contributed by atoms with Crippen molar-refractivity contribution in [2.24, 2.45) is 0 Å². The van der Waals surface area contributed by atoms with E-state index in [1.165, 1.54) is 18.2 Å². The topological polar surface area (TPSA) is 106 Å². The highest BCUT2D eigenvalue weighted by molar-refractivity contribution is 6.32. The lowest BCUT2D eigenvalue weighted by molar-refractivity contribution is -0.912. The van der Waals surface area contributed by atoms with E-state index in [9.17, 15) is 19.7 Å². The van der Waals surface area contributed by atoms with Crippen molar-refractivity contribution in [2.75, 3.05) is 25.0 Å². The number of nitrogens with one attached hydrogen (secondary N) is 3. The lowest BCUT2D eigenvalue weighted by Gasteiger charge is -2.26. The molecule has 0 fully saturated rings. The molecule has 0 bridgehead atoms. The summed E-state index contributed by atoms with van der Waals surface area (Å²) in [6.07, 6.45) is 0. The van der Waals surface area contributed by atoms with E-state index in [1.54, 1.807) is 0 Å². The summed E-state index contributed by atoms with van der Waals surface area (Å²) >= 11 is 5.84. The van der Waals surface area contributed by atoms with Crippen LogP contribution in [-0.4, -0.2) is 36.4 Å². The molecule has 154 valence electrons. The monoisotopic (exact) mass is 419 g/mol. The van der Waals surface area contributed by atoms with Crippen LogP contribution in [0.5, 0.6) is 0 Å². The number of carbonyl (C=O) groups excluding carboxylic acids is 2. The van der Waals surface area contributed by atoms with E-state index in [2.05, 4.69) is 10.6 Å². The number of nitro benzene ring substituents is 1. The Balaban J connectivity index is 2.33. The van der Waals surface area contributed by atoms with E-state index in [1.807, 2.05) is 44.2 Å². The summed E-state index contributed by atoms with van der Waals surface area (Å²) in [6.45, 7) is 4.89. The van der Waals surface area contributed by atoms with Gasteiger partial charge in [-0.3, -0.25) is 19.7 Å². The number of carbonyl (C=O) groups is 2. The molecular formula is C20H24ClN4O4+. The zero-order chi connectivity index (χ0) is 21.4. The minimum absolute atomic E-state index is 0.00958. The molecule has 1 unspecified atom stereocenters. The SMILES string of the molecule is CCNC(=O)C[NH+](CC)[C@@H](C(=O)Nc1ccc(Cl)c([N+](=O)[O-])c1)c1ccccc1. The Hall–Kier alpha value is -2.97. The van der Waals surface area contributed by atoms with Crippen molar-refractivity contribution in [3.63, 3.8) is 0 Å². The number of hydrogen-bond donors (Lipinski definition) is 3. The van der Waals surface area contributed by atoms with Gasteiger partial charge >= 0.3 is 0 Å². The Morgan fingerprint density at radius 2 is 1.86 bits per heavy atom. The van der Waals surface area contributed by atoms with Crippen LogP contribution in [-0.2, 0) is 9.59 Å². The lowest BCUT2D eigenvalue weighted by Crippen LogP contribution is -3.14. The van der Waals surface area contributed by atoms with E-state index in [0.29, 0.717) is 13.1 Å². The summed E-state index contributed by atoms with van der Waals surface area (Å²) in [5.74, 6) is -0.519. The quantitative estimate of drug-likeness (QED) is 0.426. The molecule has 0 aliphatic heterocycles. The number of rotatable bonds is 9. The zero-order valence-electron chi connectivity index (χ0n) is 16.3. The maximum Gasteiger partial charge on any atom is 0.289 e. The molecule has 0 aromatic heterocycles. The Morgan fingerprint density at radius 1 is 1.17 bits per heavy atom. The van der Waals surface area contributed by atoms with Gasteiger partial charge in [-0.2, -0.15) is 0 Å². The average molecular weight is 420 g/mol. The van der Waals surface area contributed by atoms with Crippen molar-refractivity contribution >= 4 is 34.8 Å². The van der Waals surface area contributed by atoms with Crippen LogP contribution >= 0.6 is 11.6 Å². The molecule has 2 amide bonds. The van der Waals surface area contributed by atoms with Crippen LogP contribution in [0.25, 0.3) is 0 Å². The van der Waals surface area contributed by atoms with Crippen LogP contribution < -0.4 is 15.5 Å². The summed E-state index contributed by atoms with van der Waals surface area (Å²) in [5.41, 5.74) is 0.720. The summed E-state index contributed by atoms with van der Waals surface area (Å²) in [6, 6.07) is 12.6. The smallest absolute Gasteiger partial charge is 0.289 e. The van der Waals surface area contributed by atoms with Crippen LogP contribution in [0.1, 0.15) is 25.5 Å². The van der Waals surface area contributed by atoms with E-state index in [0.717, 1.165) is 10.5 Å². The number of amides is 2. The fourth-order valence-corrected chi connectivity index (χ4v) is 3.25. The molecule has 9 heteroatoms. The summed E-state index contributed by atoms with van der Waals surface area (Å²) in [4.78, 5) is 36.5. The first-order valence-corrected chi connectivity index (χ1v) is 9.66. The Morgan fingerprint density at radius 3 is 2.45 bits per heavy atom. The molecule has 0 aliphatic rings. The maximum atomic E-state index is 13.2. The lowest BCUT2D eigenvalue weighted by atomic mass is 10.0. The fourth-order valence-electron chi connectivity index (χ4n) is 3.06. The van der Waals surface area contributed by atoms with Gasteiger partial charge in [-0.05, 0) is 26.0 Å². The van der Waals surface area contributed by atoms with Gasteiger partial charge in [-0.25, -0.2) is 0 Å². The van der Waals surface area contributed by atoms with Gasteiger partial charge in [0.2, 0.25) is 0 Å². The van der Waals surface area contributed by atoms with Crippen molar-refractivity contribution in [3.8, 4) is 0 Å². The molecule has 0 radical (unpaired) electrons. The molecule has 0 saturated heterocycles. The number of likely N-dealkylation sites (N-methyl/N-ethyl adjacent to an activating group) is 2. The minimum atomic E-state index is -0.668. The minimum Gasteiger partial charge on any atom is -0.351 e. The van der Waals surface area contributed by atoms with Gasteiger partial charge < -0.3 is 15.5 Å². The molecule has 2 atom stereocenters. The number of quaternary nitrogens is 1. The number of anilines is 1. The van der Waals surface area contributed by atoms with E-state index in [4.69, 9.17) is 11.6 Å². The first kappa shape index (κ1) is 22.3. The van der Waals surface area contributed by atoms with Crippen LogP contribution in [0.15, 0.2) is 48.5 Å². The van der Waals surface area contributed by atoms with Gasteiger partial charge in [0.25, 0.3) is 17.5 Å². The van der Waals surface area contributed by atoms with Gasteiger partial charge in [-0.1, -0.05) is 41.9 Å². The number of hydrogen-bond acceptors (Lipinski definition) is 4. The highest BCUT2D eigenvalue weighted by Gasteiger charge is 2.32. The molecule has 0 heterocycles. The molecule has 2 aromatic rings. The highest BCUT2D eigenvalue weighted by Crippen LogP contribution is 2.27. The van der Waals surface area contributed by atoms with Crippen LogP contribution in [0.2, 0.25) is 5.02 Å². The molecular weight excluding hydrogens is 396 g/mol. The average Bonchev–Trinajstić information content (AvgIpc) is 2.69. The Kier molecular flexibility index (Phi) is 8.11. The maximum absolute atomic E-state index is 13.2. The first-order chi connectivity index (χ1) is 13.9. The van der Waals surface area contributed by atoms with Crippen molar-refractivity contribution in [1.82, 2.24) is 5.32 Å². The fraction of sp³-hybridized carbons (Fsp3) is 0.300. The number of nitrogens with zero attached hydrogens (tertiary/aromatic N) is 1. The number of halogens is 1. The third-order valence-corrected chi connectivity index (χ3v) is 4.75. The van der Waals surface area contributed by atoms with Crippen molar-refractivity contribution < 1.29 is 19.4 Å². The Bertz CT molecular complexity index is 876. The highest BCUT2D eigenvalue weighted by atomic mass is 35.5.